The fraction of sp³-hybridized carbons (Fsp3) is 0.267. The molecule has 0 aliphatic carbocycles. The molecule has 1 heterocycles. The molecule has 2 aromatic rings. The average molecular weight is 334 g/mol. The van der Waals surface area contributed by atoms with E-state index in [0.717, 1.165) is 0 Å². The third-order valence-corrected chi connectivity index (χ3v) is 5.31. The van der Waals surface area contributed by atoms with Crippen LogP contribution in [-0.4, -0.2) is 41.7 Å². The van der Waals surface area contributed by atoms with Crippen LogP contribution in [-0.2, 0) is 10.0 Å². The van der Waals surface area contributed by atoms with E-state index in [9.17, 15) is 13.2 Å². The molecule has 0 aliphatic heterocycles. The van der Waals surface area contributed by atoms with Gasteiger partial charge in [0.25, 0.3) is 5.91 Å². The Bertz CT molecular complexity index is 757. The van der Waals surface area contributed by atoms with Gasteiger partial charge in [0.1, 0.15) is 0 Å². The van der Waals surface area contributed by atoms with Crippen molar-refractivity contribution in [1.29, 1.82) is 0 Å². The lowest BCUT2D eigenvalue weighted by molar-refractivity contribution is 0.102. The van der Waals surface area contributed by atoms with E-state index < -0.39 is 15.9 Å². The highest BCUT2D eigenvalue weighted by molar-refractivity contribution is 7.89. The number of aromatic nitrogens is 2. The van der Waals surface area contributed by atoms with Crippen molar-refractivity contribution < 1.29 is 13.2 Å². The zero-order valence-corrected chi connectivity index (χ0v) is 13.7. The Morgan fingerprint density at radius 3 is 2.17 bits per heavy atom. The van der Waals surface area contributed by atoms with Crippen molar-refractivity contribution >= 4 is 21.9 Å². The summed E-state index contributed by atoms with van der Waals surface area (Å²) in [6.07, 6.45) is 3.03. The minimum atomic E-state index is -3.53. The van der Waals surface area contributed by atoms with Crippen molar-refractivity contribution in [2.45, 2.75) is 18.7 Å². The van der Waals surface area contributed by atoms with Gasteiger partial charge in [-0.1, -0.05) is 13.8 Å². The van der Waals surface area contributed by atoms with Crippen molar-refractivity contribution in [1.82, 2.24) is 14.3 Å². The van der Waals surface area contributed by atoms with Crippen molar-refractivity contribution in [3.8, 4) is 0 Å². The highest BCUT2D eigenvalue weighted by atomic mass is 32.2. The van der Waals surface area contributed by atoms with Crippen molar-refractivity contribution in [2.75, 3.05) is 18.4 Å². The van der Waals surface area contributed by atoms with Gasteiger partial charge < -0.3 is 0 Å². The van der Waals surface area contributed by atoms with E-state index >= 15 is 0 Å². The van der Waals surface area contributed by atoms with Crippen LogP contribution in [0.2, 0.25) is 0 Å². The number of hydrogen-bond donors (Lipinski definition) is 1. The first-order valence-electron chi connectivity index (χ1n) is 7.17. The maximum absolute atomic E-state index is 12.4. The Hall–Kier alpha value is -2.32. The normalized spacial score (nSPS) is 11.4. The van der Waals surface area contributed by atoms with Crippen LogP contribution in [0.4, 0.5) is 5.95 Å². The molecule has 7 nitrogen and oxygen atoms in total. The monoisotopic (exact) mass is 334 g/mol. The summed E-state index contributed by atoms with van der Waals surface area (Å²) in [6.45, 7) is 4.35. The van der Waals surface area contributed by atoms with Crippen LogP contribution < -0.4 is 5.32 Å². The van der Waals surface area contributed by atoms with Gasteiger partial charge in [0.05, 0.1) is 4.90 Å². The fourth-order valence-corrected chi connectivity index (χ4v) is 3.49. The zero-order valence-electron chi connectivity index (χ0n) is 12.9. The van der Waals surface area contributed by atoms with Gasteiger partial charge in [0, 0.05) is 31.0 Å². The number of rotatable bonds is 6. The largest absolute Gasteiger partial charge is 0.290 e. The third-order valence-electron chi connectivity index (χ3n) is 3.25. The summed E-state index contributed by atoms with van der Waals surface area (Å²) in [5.41, 5.74) is 0.330. The topological polar surface area (TPSA) is 92.3 Å². The van der Waals surface area contributed by atoms with Gasteiger partial charge in [-0.2, -0.15) is 4.31 Å². The second-order valence-corrected chi connectivity index (χ2v) is 6.58. The summed E-state index contributed by atoms with van der Waals surface area (Å²) in [5, 5.41) is 2.54. The maximum Gasteiger partial charge on any atom is 0.258 e. The molecule has 1 aromatic carbocycles. The highest BCUT2D eigenvalue weighted by Gasteiger charge is 2.21. The van der Waals surface area contributed by atoms with Gasteiger partial charge in [-0.15, -0.1) is 0 Å². The Morgan fingerprint density at radius 1 is 1.09 bits per heavy atom. The third kappa shape index (κ3) is 3.91. The molecule has 0 fully saturated rings. The molecule has 1 amide bonds. The lowest BCUT2D eigenvalue weighted by atomic mass is 10.2. The number of hydrogen-bond acceptors (Lipinski definition) is 5. The van der Waals surface area contributed by atoms with E-state index in [1.54, 1.807) is 19.9 Å². The first kappa shape index (κ1) is 17.0. The molecule has 0 saturated carbocycles. The highest BCUT2D eigenvalue weighted by Crippen LogP contribution is 2.16. The van der Waals surface area contributed by atoms with Gasteiger partial charge >= 0.3 is 0 Å². The number of benzene rings is 1. The van der Waals surface area contributed by atoms with Crippen LogP contribution >= 0.6 is 0 Å². The number of nitrogens with zero attached hydrogens (tertiary/aromatic N) is 3. The summed E-state index contributed by atoms with van der Waals surface area (Å²) in [6, 6.07) is 7.43. The van der Waals surface area contributed by atoms with Crippen LogP contribution in [0.1, 0.15) is 24.2 Å². The zero-order chi connectivity index (χ0) is 16.9. The summed E-state index contributed by atoms with van der Waals surface area (Å²) in [7, 11) is -3.53. The van der Waals surface area contributed by atoms with Crippen molar-refractivity contribution in [3.05, 3.63) is 48.3 Å². The first-order valence-corrected chi connectivity index (χ1v) is 8.61. The molecular formula is C15H18N4O3S. The van der Waals surface area contributed by atoms with Crippen molar-refractivity contribution in [2.24, 2.45) is 0 Å². The van der Waals surface area contributed by atoms with E-state index in [1.165, 1.54) is 41.0 Å². The molecule has 0 bridgehead atoms. The second kappa shape index (κ2) is 7.30. The number of anilines is 1. The SMILES string of the molecule is CCN(CC)S(=O)(=O)c1ccc(C(=O)Nc2ncccn2)cc1. The first-order chi connectivity index (χ1) is 11.0. The lowest BCUT2D eigenvalue weighted by Crippen LogP contribution is -2.30. The summed E-state index contributed by atoms with van der Waals surface area (Å²) >= 11 is 0. The van der Waals surface area contributed by atoms with Crippen LogP contribution in [0.3, 0.4) is 0 Å². The number of carbonyl (C=O) groups excluding carboxylic acids is 1. The molecular weight excluding hydrogens is 316 g/mol. The van der Waals surface area contributed by atoms with E-state index in [2.05, 4.69) is 15.3 Å². The predicted octanol–water partition coefficient (Wildman–Crippen LogP) is 1.76. The molecule has 0 spiro atoms. The molecule has 8 heteroatoms. The molecule has 1 aromatic heterocycles. The number of carbonyl (C=O) groups is 1. The van der Waals surface area contributed by atoms with Gasteiger partial charge in [0.15, 0.2) is 0 Å². The Morgan fingerprint density at radius 2 is 1.65 bits per heavy atom. The maximum atomic E-state index is 12.4. The lowest BCUT2D eigenvalue weighted by Gasteiger charge is -2.18. The molecule has 122 valence electrons. The molecule has 23 heavy (non-hydrogen) atoms. The smallest absolute Gasteiger partial charge is 0.258 e. The van der Waals surface area contributed by atoms with Gasteiger partial charge in [-0.25, -0.2) is 18.4 Å². The quantitative estimate of drug-likeness (QED) is 0.869. The molecule has 0 radical (unpaired) electrons. The summed E-state index contributed by atoms with van der Waals surface area (Å²) in [5.74, 6) is -0.208. The number of nitrogens with one attached hydrogen (secondary N) is 1. The molecule has 0 atom stereocenters. The van der Waals surface area contributed by atoms with Crippen LogP contribution in [0.15, 0.2) is 47.6 Å². The van der Waals surface area contributed by atoms with E-state index in [-0.39, 0.29) is 10.8 Å². The van der Waals surface area contributed by atoms with Crippen LogP contribution in [0.5, 0.6) is 0 Å². The number of sulfonamides is 1. The van der Waals surface area contributed by atoms with Crippen molar-refractivity contribution in [3.63, 3.8) is 0 Å². The fourth-order valence-electron chi connectivity index (χ4n) is 2.03. The Balaban J connectivity index is 2.18. The summed E-state index contributed by atoms with van der Waals surface area (Å²) in [4.78, 5) is 20.0. The van der Waals surface area contributed by atoms with Gasteiger partial charge in [0.2, 0.25) is 16.0 Å². The molecule has 1 N–H and O–H groups in total. The standard InChI is InChI=1S/C15H18N4O3S/c1-3-19(4-2)23(21,22)13-8-6-12(7-9-13)14(20)18-15-16-10-5-11-17-15/h5-11H,3-4H2,1-2H3,(H,16,17,18,20). The Kier molecular flexibility index (Phi) is 5.41. The minimum Gasteiger partial charge on any atom is -0.290 e. The van der Waals surface area contributed by atoms with Gasteiger partial charge in [-0.3, -0.25) is 10.1 Å². The summed E-state index contributed by atoms with van der Waals surface area (Å²) < 4.78 is 26.1. The van der Waals surface area contributed by atoms with E-state index in [0.29, 0.717) is 18.7 Å². The van der Waals surface area contributed by atoms with E-state index in [4.69, 9.17) is 0 Å². The number of amides is 1. The molecule has 2 rings (SSSR count). The molecule has 0 aliphatic rings. The Labute approximate surface area is 135 Å². The minimum absolute atomic E-state index is 0.161. The van der Waals surface area contributed by atoms with E-state index in [1.807, 2.05) is 0 Å². The van der Waals surface area contributed by atoms with Crippen LogP contribution in [0, 0.1) is 0 Å². The molecule has 0 saturated heterocycles. The average Bonchev–Trinajstić information content (AvgIpc) is 2.56. The van der Waals surface area contributed by atoms with Gasteiger partial charge in [-0.05, 0) is 30.3 Å². The van der Waals surface area contributed by atoms with Crippen LogP contribution in [0.25, 0.3) is 0 Å². The second-order valence-electron chi connectivity index (χ2n) is 4.64. The molecule has 0 unspecified atom stereocenters. The predicted molar refractivity (Wildman–Crippen MR) is 86.5 cm³/mol.